The molecule has 1 fully saturated rings. The minimum Gasteiger partial charge on any atom is -0.495 e. The van der Waals surface area contributed by atoms with Crippen molar-refractivity contribution in [3.05, 3.63) is 72.1 Å². The van der Waals surface area contributed by atoms with Gasteiger partial charge in [-0.1, -0.05) is 36.4 Å². The average molecular weight is 472 g/mol. The number of carbonyl (C=O) groups excluding carboxylic acids is 1. The van der Waals surface area contributed by atoms with E-state index in [1.165, 1.54) is 7.11 Å². The van der Waals surface area contributed by atoms with Gasteiger partial charge in [-0.3, -0.25) is 9.10 Å². The van der Waals surface area contributed by atoms with Crippen molar-refractivity contribution in [1.29, 1.82) is 0 Å². The molecular weight excluding hydrogens is 446 g/mol. The van der Waals surface area contributed by atoms with Crippen molar-refractivity contribution >= 4 is 38.6 Å². The van der Waals surface area contributed by atoms with Gasteiger partial charge in [0, 0.05) is 31.9 Å². The summed E-state index contributed by atoms with van der Waals surface area (Å²) >= 11 is 1.12. The van der Waals surface area contributed by atoms with Crippen LogP contribution >= 0.6 is 11.3 Å². The van der Waals surface area contributed by atoms with Crippen molar-refractivity contribution in [2.45, 2.75) is 4.21 Å². The van der Waals surface area contributed by atoms with E-state index >= 15 is 0 Å². The third-order valence-corrected chi connectivity index (χ3v) is 8.56. The van der Waals surface area contributed by atoms with Gasteiger partial charge in [0.15, 0.2) is 0 Å². The SMILES string of the molecule is COc1ccccc1N(CC(=O)N1CCN(c2ccccc2)CC1)S(=O)(=O)c1cccs1. The Bertz CT molecular complexity index is 1140. The highest BCUT2D eigenvalue weighted by atomic mass is 32.2. The molecule has 0 saturated carbocycles. The Morgan fingerprint density at radius 2 is 1.66 bits per heavy atom. The molecule has 2 heterocycles. The molecule has 4 rings (SSSR count). The third-order valence-electron chi connectivity index (χ3n) is 5.43. The molecule has 0 aliphatic carbocycles. The number of rotatable bonds is 7. The van der Waals surface area contributed by atoms with Crippen molar-refractivity contribution in [3.8, 4) is 5.75 Å². The Balaban J connectivity index is 1.55. The lowest BCUT2D eigenvalue weighted by molar-refractivity contribution is -0.129. The Morgan fingerprint density at radius 3 is 2.31 bits per heavy atom. The molecule has 32 heavy (non-hydrogen) atoms. The number of ether oxygens (including phenoxy) is 1. The molecule has 2 aromatic carbocycles. The molecule has 168 valence electrons. The van der Waals surface area contributed by atoms with Gasteiger partial charge in [0.1, 0.15) is 16.5 Å². The first-order valence-electron chi connectivity index (χ1n) is 10.3. The van der Waals surface area contributed by atoms with Gasteiger partial charge in [-0.15, -0.1) is 11.3 Å². The highest BCUT2D eigenvalue weighted by Crippen LogP contribution is 2.33. The van der Waals surface area contributed by atoms with Crippen LogP contribution in [0.2, 0.25) is 0 Å². The lowest BCUT2D eigenvalue weighted by Crippen LogP contribution is -2.52. The number of para-hydroxylation sites is 3. The number of thiophene rings is 1. The minimum absolute atomic E-state index is 0.185. The molecule has 1 saturated heterocycles. The maximum absolute atomic E-state index is 13.4. The van der Waals surface area contributed by atoms with Gasteiger partial charge in [0.2, 0.25) is 5.91 Å². The predicted octanol–water partition coefficient (Wildman–Crippen LogP) is 3.30. The van der Waals surface area contributed by atoms with Crippen molar-refractivity contribution < 1.29 is 17.9 Å². The molecule has 0 bridgehead atoms. The second-order valence-electron chi connectivity index (χ2n) is 7.32. The monoisotopic (exact) mass is 471 g/mol. The van der Waals surface area contributed by atoms with Crippen LogP contribution in [0.4, 0.5) is 11.4 Å². The number of amides is 1. The molecule has 1 aliphatic rings. The normalized spacial score (nSPS) is 14.3. The molecule has 0 atom stereocenters. The molecule has 3 aromatic rings. The van der Waals surface area contributed by atoms with E-state index in [0.717, 1.165) is 21.3 Å². The zero-order valence-electron chi connectivity index (χ0n) is 17.8. The summed E-state index contributed by atoms with van der Waals surface area (Å²) in [4.78, 5) is 17.2. The van der Waals surface area contributed by atoms with Crippen LogP contribution in [0.25, 0.3) is 0 Å². The summed E-state index contributed by atoms with van der Waals surface area (Å²) in [6.45, 7) is 2.18. The number of nitrogens with zero attached hydrogens (tertiary/aromatic N) is 3. The number of sulfonamides is 1. The number of carbonyl (C=O) groups is 1. The number of anilines is 2. The highest BCUT2D eigenvalue weighted by Gasteiger charge is 2.32. The summed E-state index contributed by atoms with van der Waals surface area (Å²) in [6.07, 6.45) is 0. The van der Waals surface area contributed by atoms with E-state index < -0.39 is 10.0 Å². The van der Waals surface area contributed by atoms with Crippen LogP contribution in [0.15, 0.2) is 76.3 Å². The van der Waals surface area contributed by atoms with Crippen LogP contribution in [-0.4, -0.2) is 59.1 Å². The second-order valence-corrected chi connectivity index (χ2v) is 10.4. The summed E-state index contributed by atoms with van der Waals surface area (Å²) in [6, 6.07) is 20.1. The number of hydrogen-bond acceptors (Lipinski definition) is 6. The highest BCUT2D eigenvalue weighted by molar-refractivity contribution is 7.94. The van der Waals surface area contributed by atoms with Gasteiger partial charge in [-0.2, -0.15) is 0 Å². The van der Waals surface area contributed by atoms with E-state index in [1.54, 1.807) is 46.7 Å². The molecule has 0 spiro atoms. The molecule has 0 radical (unpaired) electrons. The van der Waals surface area contributed by atoms with Gasteiger partial charge in [0.25, 0.3) is 10.0 Å². The third kappa shape index (κ3) is 4.58. The van der Waals surface area contributed by atoms with Crippen LogP contribution in [0.3, 0.4) is 0 Å². The maximum Gasteiger partial charge on any atom is 0.274 e. The fourth-order valence-electron chi connectivity index (χ4n) is 3.73. The summed E-state index contributed by atoms with van der Waals surface area (Å²) in [5, 5.41) is 1.71. The van der Waals surface area contributed by atoms with Crippen molar-refractivity contribution in [2.75, 3.05) is 49.0 Å². The number of benzene rings is 2. The van der Waals surface area contributed by atoms with Crippen molar-refractivity contribution in [1.82, 2.24) is 4.90 Å². The van der Waals surface area contributed by atoms with Crippen LogP contribution in [0.1, 0.15) is 0 Å². The van der Waals surface area contributed by atoms with Crippen LogP contribution < -0.4 is 13.9 Å². The summed E-state index contributed by atoms with van der Waals surface area (Å²) in [7, 11) is -2.43. The van der Waals surface area contributed by atoms with E-state index in [9.17, 15) is 13.2 Å². The van der Waals surface area contributed by atoms with E-state index in [0.29, 0.717) is 37.6 Å². The molecule has 7 nitrogen and oxygen atoms in total. The van der Waals surface area contributed by atoms with E-state index in [1.807, 2.05) is 18.2 Å². The fraction of sp³-hybridized carbons (Fsp3) is 0.261. The molecule has 1 amide bonds. The lowest BCUT2D eigenvalue weighted by atomic mass is 10.2. The molecule has 0 unspecified atom stereocenters. The van der Waals surface area contributed by atoms with Gasteiger partial charge < -0.3 is 14.5 Å². The summed E-state index contributed by atoms with van der Waals surface area (Å²) < 4.78 is 33.6. The molecule has 9 heteroatoms. The number of piperazine rings is 1. The first-order chi connectivity index (χ1) is 15.5. The van der Waals surface area contributed by atoms with E-state index in [2.05, 4.69) is 17.0 Å². The van der Waals surface area contributed by atoms with Crippen LogP contribution in [0, 0.1) is 0 Å². The topological polar surface area (TPSA) is 70.2 Å². The molecular formula is C23H25N3O4S2. The molecule has 1 aliphatic heterocycles. The smallest absolute Gasteiger partial charge is 0.274 e. The van der Waals surface area contributed by atoms with Crippen molar-refractivity contribution in [2.24, 2.45) is 0 Å². The predicted molar refractivity (Wildman–Crippen MR) is 127 cm³/mol. The minimum atomic E-state index is -3.92. The first kappa shape index (κ1) is 22.2. The quantitative estimate of drug-likeness (QED) is 0.529. The van der Waals surface area contributed by atoms with Gasteiger partial charge in [-0.25, -0.2) is 8.42 Å². The van der Waals surface area contributed by atoms with Gasteiger partial charge in [-0.05, 0) is 35.7 Å². The lowest BCUT2D eigenvalue weighted by Gasteiger charge is -2.37. The van der Waals surface area contributed by atoms with E-state index in [-0.39, 0.29) is 16.7 Å². The first-order valence-corrected chi connectivity index (χ1v) is 12.6. The Morgan fingerprint density at radius 1 is 0.969 bits per heavy atom. The maximum atomic E-state index is 13.4. The largest absolute Gasteiger partial charge is 0.495 e. The second kappa shape index (κ2) is 9.62. The van der Waals surface area contributed by atoms with Gasteiger partial charge >= 0.3 is 0 Å². The molecule has 1 aromatic heterocycles. The zero-order valence-corrected chi connectivity index (χ0v) is 19.4. The Labute approximate surface area is 192 Å². The molecule has 0 N–H and O–H groups in total. The number of methoxy groups -OCH3 is 1. The number of hydrogen-bond donors (Lipinski definition) is 0. The Kier molecular flexibility index (Phi) is 6.66. The summed E-state index contributed by atoms with van der Waals surface area (Å²) in [5.41, 5.74) is 1.47. The van der Waals surface area contributed by atoms with Crippen LogP contribution in [-0.2, 0) is 14.8 Å². The van der Waals surface area contributed by atoms with Crippen molar-refractivity contribution in [3.63, 3.8) is 0 Å². The fourth-order valence-corrected chi connectivity index (χ4v) is 6.26. The summed E-state index contributed by atoms with van der Waals surface area (Å²) in [5.74, 6) is 0.165. The Hall–Kier alpha value is -3.04. The van der Waals surface area contributed by atoms with E-state index in [4.69, 9.17) is 4.74 Å². The zero-order chi connectivity index (χ0) is 22.6. The van der Waals surface area contributed by atoms with Crippen LogP contribution in [0.5, 0.6) is 5.75 Å². The average Bonchev–Trinajstić information content (AvgIpc) is 3.39. The van der Waals surface area contributed by atoms with Gasteiger partial charge in [0.05, 0.1) is 12.8 Å². The standard InChI is InChI=1S/C23H25N3O4S2/c1-30-21-11-6-5-10-20(21)26(32(28,29)23-12-7-17-31-23)18-22(27)25-15-13-24(14-16-25)19-8-3-2-4-9-19/h2-12,17H,13-16,18H2,1H3.